The second-order valence-corrected chi connectivity index (χ2v) is 10.4. The van der Waals surface area contributed by atoms with Gasteiger partial charge in [-0.1, -0.05) is 24.6 Å². The lowest BCUT2D eigenvalue weighted by Gasteiger charge is -2.26. The van der Waals surface area contributed by atoms with Crippen LogP contribution in [-0.2, 0) is 23.5 Å². The third kappa shape index (κ3) is 3.34. The lowest BCUT2D eigenvalue weighted by molar-refractivity contribution is 0.0988. The summed E-state index contributed by atoms with van der Waals surface area (Å²) in [4.78, 5) is 28.4. The zero-order valence-electron chi connectivity index (χ0n) is 18.0. The molecule has 2 aromatic carbocycles. The molecule has 32 heavy (non-hydrogen) atoms. The van der Waals surface area contributed by atoms with Crippen molar-refractivity contribution in [3.8, 4) is 0 Å². The Hall–Kier alpha value is -2.97. The van der Waals surface area contributed by atoms with Gasteiger partial charge in [-0.25, -0.2) is 8.42 Å². The van der Waals surface area contributed by atoms with E-state index < -0.39 is 15.5 Å². The Labute approximate surface area is 186 Å². The van der Waals surface area contributed by atoms with Crippen LogP contribution in [0.15, 0.2) is 58.4 Å². The molecule has 0 spiro atoms. The SMILES string of the molecule is Cn1cc(C(=O)N2CCc3ccccc32)c(=O)c2cc(S(=O)(=O)N3CCCCC3)ccc21. The van der Waals surface area contributed by atoms with Crippen LogP contribution in [0.5, 0.6) is 0 Å². The Kier molecular flexibility index (Phi) is 5.14. The molecule has 1 fully saturated rings. The highest BCUT2D eigenvalue weighted by atomic mass is 32.2. The molecule has 3 heterocycles. The minimum absolute atomic E-state index is 0.0456. The normalized spacial score (nSPS) is 17.0. The average molecular weight is 452 g/mol. The van der Waals surface area contributed by atoms with Gasteiger partial charge in [0, 0.05) is 44.0 Å². The Morgan fingerprint density at radius 2 is 1.72 bits per heavy atom. The smallest absolute Gasteiger partial charge is 0.263 e. The lowest BCUT2D eigenvalue weighted by Crippen LogP contribution is -2.36. The van der Waals surface area contributed by atoms with Gasteiger partial charge in [0.25, 0.3) is 5.91 Å². The van der Waals surface area contributed by atoms with E-state index in [0.717, 1.165) is 36.9 Å². The predicted molar refractivity (Wildman–Crippen MR) is 124 cm³/mol. The molecule has 1 aromatic heterocycles. The molecule has 0 aliphatic carbocycles. The summed E-state index contributed by atoms with van der Waals surface area (Å²) in [6.45, 7) is 1.50. The Balaban J connectivity index is 1.59. The molecule has 166 valence electrons. The van der Waals surface area contributed by atoms with E-state index in [-0.39, 0.29) is 21.8 Å². The highest BCUT2D eigenvalue weighted by Crippen LogP contribution is 2.29. The molecule has 5 rings (SSSR count). The molecule has 7 nitrogen and oxygen atoms in total. The van der Waals surface area contributed by atoms with E-state index in [9.17, 15) is 18.0 Å². The van der Waals surface area contributed by atoms with Gasteiger partial charge in [0.1, 0.15) is 5.56 Å². The summed E-state index contributed by atoms with van der Waals surface area (Å²) in [7, 11) is -1.92. The van der Waals surface area contributed by atoms with Crippen LogP contribution in [0.1, 0.15) is 35.2 Å². The van der Waals surface area contributed by atoms with Crippen molar-refractivity contribution in [2.45, 2.75) is 30.6 Å². The minimum atomic E-state index is -3.68. The van der Waals surface area contributed by atoms with Crippen LogP contribution in [-0.4, -0.2) is 42.8 Å². The number of piperidine rings is 1. The van der Waals surface area contributed by atoms with E-state index in [4.69, 9.17) is 0 Å². The van der Waals surface area contributed by atoms with Gasteiger partial charge >= 0.3 is 0 Å². The first kappa shape index (κ1) is 20.9. The maximum atomic E-state index is 13.4. The molecule has 1 amide bonds. The number of rotatable bonds is 3. The molecule has 8 heteroatoms. The van der Waals surface area contributed by atoms with Gasteiger partial charge in [-0.15, -0.1) is 0 Å². The molecule has 3 aromatic rings. The number of aromatic nitrogens is 1. The summed E-state index contributed by atoms with van der Waals surface area (Å²) < 4.78 is 29.5. The monoisotopic (exact) mass is 451 g/mol. The fourth-order valence-electron chi connectivity index (χ4n) is 4.73. The van der Waals surface area contributed by atoms with Crippen molar-refractivity contribution < 1.29 is 13.2 Å². The molecule has 1 saturated heterocycles. The van der Waals surface area contributed by atoms with Gasteiger partial charge in [0.05, 0.1) is 10.4 Å². The van der Waals surface area contributed by atoms with Crippen molar-refractivity contribution in [2.24, 2.45) is 7.05 Å². The molecule has 0 unspecified atom stereocenters. The summed E-state index contributed by atoms with van der Waals surface area (Å²) >= 11 is 0. The van der Waals surface area contributed by atoms with Crippen LogP contribution in [0.4, 0.5) is 5.69 Å². The highest BCUT2D eigenvalue weighted by molar-refractivity contribution is 7.89. The second-order valence-electron chi connectivity index (χ2n) is 8.46. The maximum absolute atomic E-state index is 13.4. The second kappa shape index (κ2) is 7.86. The Morgan fingerprint density at radius 3 is 2.50 bits per heavy atom. The molecule has 2 aliphatic rings. The van der Waals surface area contributed by atoms with Crippen LogP contribution in [0, 0.1) is 0 Å². The van der Waals surface area contributed by atoms with Crippen LogP contribution in [0.25, 0.3) is 10.9 Å². The number of pyridine rings is 1. The zero-order chi connectivity index (χ0) is 22.5. The van der Waals surface area contributed by atoms with Gasteiger partial charge < -0.3 is 9.47 Å². The molecule has 0 radical (unpaired) electrons. The molecular formula is C24H25N3O4S. The minimum Gasteiger partial charge on any atom is -0.350 e. The molecule has 0 atom stereocenters. The molecule has 0 saturated carbocycles. The van der Waals surface area contributed by atoms with Crippen molar-refractivity contribution >= 4 is 32.5 Å². The third-order valence-corrected chi connectivity index (χ3v) is 8.37. The third-order valence-electron chi connectivity index (χ3n) is 6.48. The fraction of sp³-hybridized carbons (Fsp3) is 0.333. The summed E-state index contributed by atoms with van der Waals surface area (Å²) in [5.74, 6) is -0.359. The fourth-order valence-corrected chi connectivity index (χ4v) is 6.28. The van der Waals surface area contributed by atoms with Gasteiger partial charge in [-0.05, 0) is 49.1 Å². The number of carbonyl (C=O) groups is 1. The van der Waals surface area contributed by atoms with Crippen LogP contribution >= 0.6 is 0 Å². The van der Waals surface area contributed by atoms with Crippen molar-refractivity contribution in [1.29, 1.82) is 0 Å². The van der Waals surface area contributed by atoms with E-state index in [0.29, 0.717) is 25.2 Å². The topological polar surface area (TPSA) is 79.7 Å². The maximum Gasteiger partial charge on any atom is 0.263 e. The number of para-hydroxylation sites is 1. The Bertz CT molecular complexity index is 1390. The first-order valence-electron chi connectivity index (χ1n) is 10.9. The first-order chi connectivity index (χ1) is 15.4. The van der Waals surface area contributed by atoms with Crippen molar-refractivity contribution in [3.63, 3.8) is 0 Å². The summed E-state index contributed by atoms with van der Waals surface area (Å²) in [5.41, 5.74) is 2.09. The van der Waals surface area contributed by atoms with E-state index >= 15 is 0 Å². The number of hydrogen-bond donors (Lipinski definition) is 0. The number of sulfonamides is 1. The number of benzene rings is 2. The van der Waals surface area contributed by atoms with Crippen LogP contribution < -0.4 is 10.3 Å². The van der Waals surface area contributed by atoms with E-state index in [1.807, 2.05) is 24.3 Å². The number of fused-ring (bicyclic) bond motifs is 2. The van der Waals surface area contributed by atoms with Gasteiger partial charge in [0.2, 0.25) is 15.5 Å². The van der Waals surface area contributed by atoms with Gasteiger partial charge in [-0.2, -0.15) is 4.31 Å². The average Bonchev–Trinajstić information content (AvgIpc) is 3.25. The summed E-state index contributed by atoms with van der Waals surface area (Å²) in [6, 6.07) is 12.3. The van der Waals surface area contributed by atoms with Gasteiger partial charge in [-0.3, -0.25) is 9.59 Å². The lowest BCUT2D eigenvalue weighted by atomic mass is 10.1. The largest absolute Gasteiger partial charge is 0.350 e. The number of nitrogens with zero attached hydrogens (tertiary/aromatic N) is 3. The predicted octanol–water partition coefficient (Wildman–Crippen LogP) is 2.92. The van der Waals surface area contributed by atoms with Crippen molar-refractivity contribution in [3.05, 3.63) is 70.0 Å². The number of aryl methyl sites for hydroxylation is 1. The van der Waals surface area contributed by atoms with Crippen LogP contribution in [0.3, 0.4) is 0 Å². The standard InChI is InChI=1S/C24H25N3O4S/c1-25-16-20(24(29)27-14-11-17-7-3-4-8-21(17)27)23(28)19-15-18(9-10-22(19)25)32(30,31)26-12-5-2-6-13-26/h3-4,7-10,15-16H,2,5-6,11-14H2,1H3. The number of carbonyl (C=O) groups excluding carboxylic acids is 1. The molecular weight excluding hydrogens is 426 g/mol. The molecule has 0 N–H and O–H groups in total. The van der Waals surface area contributed by atoms with E-state index in [2.05, 4.69) is 0 Å². The van der Waals surface area contributed by atoms with E-state index in [1.165, 1.54) is 10.4 Å². The number of amides is 1. The van der Waals surface area contributed by atoms with Crippen LogP contribution in [0.2, 0.25) is 0 Å². The zero-order valence-corrected chi connectivity index (χ0v) is 18.8. The Morgan fingerprint density at radius 1 is 0.969 bits per heavy atom. The van der Waals surface area contributed by atoms with Crippen molar-refractivity contribution in [1.82, 2.24) is 8.87 Å². The van der Waals surface area contributed by atoms with Gasteiger partial charge in [0.15, 0.2) is 0 Å². The number of hydrogen-bond acceptors (Lipinski definition) is 4. The summed E-state index contributed by atoms with van der Waals surface area (Å²) in [6.07, 6.45) is 4.99. The summed E-state index contributed by atoms with van der Waals surface area (Å²) in [5, 5.41) is 0.240. The van der Waals surface area contributed by atoms with E-state index in [1.54, 1.807) is 34.8 Å². The highest BCUT2D eigenvalue weighted by Gasteiger charge is 2.29. The quantitative estimate of drug-likeness (QED) is 0.613. The van der Waals surface area contributed by atoms with Crippen molar-refractivity contribution in [2.75, 3.05) is 24.5 Å². The first-order valence-corrected chi connectivity index (χ1v) is 12.4. The number of anilines is 1. The molecule has 0 bridgehead atoms. The molecule has 2 aliphatic heterocycles.